The molecule has 0 saturated carbocycles. The highest BCUT2D eigenvalue weighted by molar-refractivity contribution is 7.98. The van der Waals surface area contributed by atoms with Crippen LogP contribution in [0.25, 0.3) is 0 Å². The molecule has 6 nitrogen and oxygen atoms in total. The van der Waals surface area contributed by atoms with Gasteiger partial charge in [0.25, 0.3) is 5.91 Å². The molecule has 1 unspecified atom stereocenters. The number of nitrogens with one attached hydrogen (secondary N) is 2. The van der Waals surface area contributed by atoms with Crippen molar-refractivity contribution in [2.45, 2.75) is 58.0 Å². The molecule has 28 heavy (non-hydrogen) atoms. The average molecular weight is 419 g/mol. The lowest BCUT2D eigenvalue weighted by atomic mass is 9.90. The number of fused-ring (bicyclic) bond motifs is 1. The Morgan fingerprint density at radius 2 is 1.96 bits per heavy atom. The van der Waals surface area contributed by atoms with Gasteiger partial charge < -0.3 is 0 Å². The third-order valence-corrected chi connectivity index (χ3v) is 6.84. The first-order valence-corrected chi connectivity index (χ1v) is 11.5. The SMILES string of the molecule is CSc1nc(C)c(CCC(=O)NNC(=O)c2cc3c(s2)CCC(C)C3)c(C)n1. The van der Waals surface area contributed by atoms with E-state index in [0.29, 0.717) is 17.2 Å². The van der Waals surface area contributed by atoms with Gasteiger partial charge in [0.2, 0.25) is 5.91 Å². The molecule has 2 aromatic heterocycles. The van der Waals surface area contributed by atoms with Gasteiger partial charge in [0.1, 0.15) is 0 Å². The Hall–Kier alpha value is -1.93. The van der Waals surface area contributed by atoms with E-state index in [1.54, 1.807) is 0 Å². The van der Waals surface area contributed by atoms with Crippen LogP contribution in [0.3, 0.4) is 0 Å². The van der Waals surface area contributed by atoms with Crippen LogP contribution in [0.15, 0.2) is 11.2 Å². The number of rotatable bonds is 5. The lowest BCUT2D eigenvalue weighted by Crippen LogP contribution is -2.41. The van der Waals surface area contributed by atoms with Gasteiger partial charge in [-0.25, -0.2) is 9.97 Å². The summed E-state index contributed by atoms with van der Waals surface area (Å²) in [5.74, 6) is 0.190. The van der Waals surface area contributed by atoms with Crippen LogP contribution in [0.4, 0.5) is 0 Å². The Labute approximate surface area is 173 Å². The van der Waals surface area contributed by atoms with E-state index < -0.39 is 0 Å². The second kappa shape index (κ2) is 9.05. The Balaban J connectivity index is 1.51. The molecule has 0 bridgehead atoms. The van der Waals surface area contributed by atoms with Crippen LogP contribution >= 0.6 is 23.1 Å². The van der Waals surface area contributed by atoms with Crippen molar-refractivity contribution >= 4 is 34.9 Å². The Bertz CT molecular complexity index is 871. The van der Waals surface area contributed by atoms with Crippen molar-refractivity contribution in [2.75, 3.05) is 6.26 Å². The molecule has 1 aliphatic rings. The van der Waals surface area contributed by atoms with Crippen LogP contribution < -0.4 is 10.9 Å². The van der Waals surface area contributed by atoms with Crippen LogP contribution in [0.1, 0.15) is 56.8 Å². The number of aromatic nitrogens is 2. The molecule has 0 saturated heterocycles. The third-order valence-electron chi connectivity index (χ3n) is 5.05. The highest BCUT2D eigenvalue weighted by atomic mass is 32.2. The summed E-state index contributed by atoms with van der Waals surface area (Å²) in [6.45, 7) is 6.11. The standard InChI is InChI=1S/C20H26N4O2S2/c1-11-5-7-16-14(9-11)10-17(28-16)19(26)24-23-18(25)8-6-15-12(2)21-20(27-4)22-13(15)3/h10-11H,5-9H2,1-4H3,(H,23,25)(H,24,26). The van der Waals surface area contributed by atoms with Gasteiger partial charge in [-0.05, 0) is 68.9 Å². The number of aryl methyl sites for hydroxylation is 3. The van der Waals surface area contributed by atoms with Gasteiger partial charge in [-0.1, -0.05) is 18.7 Å². The Morgan fingerprint density at radius 1 is 1.25 bits per heavy atom. The number of nitrogens with zero attached hydrogens (tertiary/aromatic N) is 2. The maximum atomic E-state index is 12.4. The number of thioether (sulfide) groups is 1. The maximum Gasteiger partial charge on any atom is 0.279 e. The minimum atomic E-state index is -0.250. The Kier molecular flexibility index (Phi) is 6.72. The van der Waals surface area contributed by atoms with Gasteiger partial charge in [-0.2, -0.15) is 0 Å². The first-order chi connectivity index (χ1) is 13.4. The molecule has 0 fully saturated rings. The highest BCUT2D eigenvalue weighted by Crippen LogP contribution is 2.32. The van der Waals surface area contributed by atoms with E-state index in [9.17, 15) is 9.59 Å². The van der Waals surface area contributed by atoms with Gasteiger partial charge in [-0.15, -0.1) is 11.3 Å². The van der Waals surface area contributed by atoms with Gasteiger partial charge in [0, 0.05) is 22.7 Å². The van der Waals surface area contributed by atoms with E-state index >= 15 is 0 Å². The summed E-state index contributed by atoms with van der Waals surface area (Å²) in [5, 5.41) is 0.739. The van der Waals surface area contributed by atoms with E-state index in [0.717, 1.165) is 34.9 Å². The fraction of sp³-hybridized carbons (Fsp3) is 0.500. The predicted molar refractivity (Wildman–Crippen MR) is 113 cm³/mol. The van der Waals surface area contributed by atoms with Crippen LogP contribution in [-0.2, 0) is 24.1 Å². The fourth-order valence-electron chi connectivity index (χ4n) is 3.47. The summed E-state index contributed by atoms with van der Waals surface area (Å²) in [4.78, 5) is 35.4. The number of hydrogen-bond donors (Lipinski definition) is 2. The van der Waals surface area contributed by atoms with Gasteiger partial charge in [0.05, 0.1) is 4.88 Å². The van der Waals surface area contributed by atoms with E-state index in [2.05, 4.69) is 27.7 Å². The topological polar surface area (TPSA) is 84.0 Å². The predicted octanol–water partition coefficient (Wildman–Crippen LogP) is 3.40. The van der Waals surface area contributed by atoms with Crippen molar-refractivity contribution < 1.29 is 9.59 Å². The molecule has 2 N–H and O–H groups in total. The van der Waals surface area contributed by atoms with Crippen molar-refractivity contribution in [1.82, 2.24) is 20.8 Å². The van der Waals surface area contributed by atoms with Crippen molar-refractivity contribution in [3.8, 4) is 0 Å². The number of thiophene rings is 1. The lowest BCUT2D eigenvalue weighted by Gasteiger charge is -2.16. The minimum Gasteiger partial charge on any atom is -0.273 e. The van der Waals surface area contributed by atoms with Crippen LogP contribution in [0.5, 0.6) is 0 Å². The fourth-order valence-corrected chi connectivity index (χ4v) is 5.03. The molecule has 3 rings (SSSR count). The van der Waals surface area contributed by atoms with Crippen molar-refractivity contribution in [2.24, 2.45) is 5.92 Å². The van der Waals surface area contributed by atoms with Crippen LogP contribution in [-0.4, -0.2) is 28.0 Å². The normalized spacial score (nSPS) is 15.8. The van der Waals surface area contributed by atoms with Gasteiger partial charge in [0.15, 0.2) is 5.16 Å². The lowest BCUT2D eigenvalue weighted by molar-refractivity contribution is -0.121. The summed E-state index contributed by atoms with van der Waals surface area (Å²) in [6.07, 6.45) is 5.99. The average Bonchev–Trinajstić information content (AvgIpc) is 3.08. The molecule has 150 valence electrons. The first-order valence-electron chi connectivity index (χ1n) is 9.46. The largest absolute Gasteiger partial charge is 0.279 e. The molecule has 0 radical (unpaired) electrons. The van der Waals surface area contributed by atoms with Crippen LogP contribution in [0.2, 0.25) is 0 Å². The molecular weight excluding hydrogens is 392 g/mol. The molecule has 2 amide bonds. The van der Waals surface area contributed by atoms with Crippen molar-refractivity contribution in [1.29, 1.82) is 0 Å². The Morgan fingerprint density at radius 3 is 2.64 bits per heavy atom. The summed E-state index contributed by atoms with van der Waals surface area (Å²) >= 11 is 3.03. The van der Waals surface area contributed by atoms with E-state index in [4.69, 9.17) is 0 Å². The molecule has 0 aliphatic heterocycles. The van der Waals surface area contributed by atoms with E-state index in [-0.39, 0.29) is 18.2 Å². The third kappa shape index (κ3) is 4.91. The highest BCUT2D eigenvalue weighted by Gasteiger charge is 2.21. The summed E-state index contributed by atoms with van der Waals surface area (Å²) in [5.41, 5.74) is 9.12. The molecule has 8 heteroatoms. The van der Waals surface area contributed by atoms with Gasteiger partial charge in [-0.3, -0.25) is 20.4 Å². The molecule has 1 aliphatic carbocycles. The smallest absolute Gasteiger partial charge is 0.273 e. The molecule has 0 aromatic carbocycles. The molecule has 1 atom stereocenters. The second-order valence-corrected chi connectivity index (χ2v) is 9.18. The zero-order valence-corrected chi connectivity index (χ0v) is 18.4. The molecule has 2 heterocycles. The molecule has 0 spiro atoms. The number of amides is 2. The van der Waals surface area contributed by atoms with Crippen LogP contribution in [0, 0.1) is 19.8 Å². The number of carbonyl (C=O) groups excluding carboxylic acids is 2. The summed E-state index contributed by atoms with van der Waals surface area (Å²) in [6, 6.07) is 1.97. The number of hydrazine groups is 1. The molecule has 2 aromatic rings. The summed E-state index contributed by atoms with van der Waals surface area (Å²) in [7, 11) is 0. The van der Waals surface area contributed by atoms with E-state index in [1.165, 1.54) is 40.0 Å². The van der Waals surface area contributed by atoms with E-state index in [1.807, 2.05) is 26.2 Å². The number of hydrogen-bond acceptors (Lipinski definition) is 6. The first kappa shape index (κ1) is 20.8. The minimum absolute atomic E-state index is 0.226. The zero-order valence-electron chi connectivity index (χ0n) is 16.7. The quantitative estimate of drug-likeness (QED) is 0.442. The zero-order chi connectivity index (χ0) is 20.3. The van der Waals surface area contributed by atoms with Crippen molar-refractivity contribution in [3.05, 3.63) is 38.3 Å². The molecular formula is C20H26N4O2S2. The number of carbonyl (C=O) groups is 2. The second-order valence-electron chi connectivity index (χ2n) is 7.27. The summed E-state index contributed by atoms with van der Waals surface area (Å²) < 4.78 is 0. The van der Waals surface area contributed by atoms with Crippen molar-refractivity contribution in [3.63, 3.8) is 0 Å². The monoisotopic (exact) mass is 418 g/mol. The maximum absolute atomic E-state index is 12.4. The van der Waals surface area contributed by atoms with Gasteiger partial charge >= 0.3 is 0 Å².